The highest BCUT2D eigenvalue weighted by Gasteiger charge is 2.03. The van der Waals surface area contributed by atoms with E-state index in [0.29, 0.717) is 0 Å². The molecule has 0 bridgehead atoms. The van der Waals surface area contributed by atoms with Gasteiger partial charge in [0.2, 0.25) is 0 Å². The SMILES string of the molecule is C.C=CC(=O)C(C)CC.CC=O.CCC.CCC(C)CC.Cc1ccc2[nH]ccc2c1. The molecule has 2 rings (SSSR count). The monoisotopic (exact) mass is 433 g/mol. The topological polar surface area (TPSA) is 49.9 Å². The van der Waals surface area contributed by atoms with Crippen LogP contribution in [0.4, 0.5) is 0 Å². The van der Waals surface area contributed by atoms with E-state index in [9.17, 15) is 4.79 Å². The van der Waals surface area contributed by atoms with E-state index in [2.05, 4.69) is 77.4 Å². The number of ketones is 1. The number of nitrogens with one attached hydrogen (secondary N) is 1. The maximum atomic E-state index is 10.6. The van der Waals surface area contributed by atoms with Crippen molar-refractivity contribution >= 4 is 23.0 Å². The van der Waals surface area contributed by atoms with Gasteiger partial charge in [0.25, 0.3) is 0 Å². The van der Waals surface area contributed by atoms with E-state index in [1.807, 2.05) is 20.0 Å². The van der Waals surface area contributed by atoms with Crippen LogP contribution in [0.5, 0.6) is 0 Å². The summed E-state index contributed by atoms with van der Waals surface area (Å²) in [6, 6.07) is 8.47. The molecule has 180 valence electrons. The summed E-state index contributed by atoms with van der Waals surface area (Å²) < 4.78 is 0. The molecule has 1 N–H and O–H groups in total. The van der Waals surface area contributed by atoms with Crippen LogP contribution in [0.2, 0.25) is 0 Å². The van der Waals surface area contributed by atoms with Gasteiger partial charge >= 0.3 is 0 Å². The summed E-state index contributed by atoms with van der Waals surface area (Å²) in [5, 5.41) is 1.29. The van der Waals surface area contributed by atoms with Crippen LogP contribution in [0.15, 0.2) is 43.1 Å². The van der Waals surface area contributed by atoms with Crippen LogP contribution in [0, 0.1) is 18.8 Å². The highest BCUT2D eigenvalue weighted by Crippen LogP contribution is 2.12. The first kappa shape index (κ1) is 36.2. The van der Waals surface area contributed by atoms with Crippen molar-refractivity contribution in [3.05, 3.63) is 48.7 Å². The van der Waals surface area contributed by atoms with Gasteiger partial charge < -0.3 is 9.78 Å². The Kier molecular flexibility index (Phi) is 30.2. The minimum atomic E-state index is 0. The van der Waals surface area contributed by atoms with Crippen LogP contribution >= 0.6 is 0 Å². The molecule has 3 heteroatoms. The summed E-state index contributed by atoms with van der Waals surface area (Å²) >= 11 is 0. The summed E-state index contributed by atoms with van der Waals surface area (Å²) in [6.45, 7) is 21.8. The van der Waals surface area contributed by atoms with Crippen molar-refractivity contribution in [1.29, 1.82) is 0 Å². The number of aldehydes is 1. The fourth-order valence-corrected chi connectivity index (χ4v) is 1.86. The number of rotatable bonds is 5. The van der Waals surface area contributed by atoms with E-state index < -0.39 is 0 Å². The summed E-state index contributed by atoms with van der Waals surface area (Å²) in [6.07, 6.45) is 8.91. The Balaban J connectivity index is -0.000000158. The maximum absolute atomic E-state index is 10.6. The number of hydrogen-bond donors (Lipinski definition) is 1. The van der Waals surface area contributed by atoms with Gasteiger partial charge in [-0.3, -0.25) is 4.79 Å². The largest absolute Gasteiger partial charge is 0.361 e. The lowest BCUT2D eigenvalue weighted by molar-refractivity contribution is -0.117. The zero-order valence-electron chi connectivity index (χ0n) is 21.0. The fourth-order valence-electron chi connectivity index (χ4n) is 1.86. The van der Waals surface area contributed by atoms with Crippen molar-refractivity contribution < 1.29 is 9.59 Å². The Labute approximate surface area is 193 Å². The van der Waals surface area contributed by atoms with Gasteiger partial charge in [-0.1, -0.05) is 93.4 Å². The van der Waals surface area contributed by atoms with Gasteiger partial charge in [0.05, 0.1) is 0 Å². The Bertz CT molecular complexity index is 654. The molecule has 1 unspecified atom stereocenters. The van der Waals surface area contributed by atoms with E-state index in [1.54, 1.807) is 0 Å². The van der Waals surface area contributed by atoms with E-state index in [0.717, 1.165) is 18.6 Å². The molecule has 31 heavy (non-hydrogen) atoms. The Hall–Kier alpha value is -2.16. The normalized spacial score (nSPS) is 9.61. The van der Waals surface area contributed by atoms with E-state index in [1.165, 1.54) is 48.7 Å². The van der Waals surface area contributed by atoms with Crippen LogP contribution in [0.25, 0.3) is 10.9 Å². The molecule has 0 aliphatic carbocycles. The van der Waals surface area contributed by atoms with Gasteiger partial charge in [0, 0.05) is 17.6 Å². The van der Waals surface area contributed by atoms with Crippen molar-refractivity contribution in [2.45, 2.75) is 95.4 Å². The number of aromatic nitrogens is 1. The number of fused-ring (bicyclic) bond motifs is 1. The fraction of sp³-hybridized carbons (Fsp3) is 0.571. The highest BCUT2D eigenvalue weighted by molar-refractivity contribution is 5.90. The Morgan fingerprint density at radius 1 is 1.03 bits per heavy atom. The molecule has 1 heterocycles. The summed E-state index contributed by atoms with van der Waals surface area (Å²) in [7, 11) is 0. The highest BCUT2D eigenvalue weighted by atomic mass is 16.1. The van der Waals surface area contributed by atoms with Crippen LogP contribution < -0.4 is 0 Å². The van der Waals surface area contributed by atoms with Crippen molar-refractivity contribution in [2.75, 3.05) is 0 Å². The third kappa shape index (κ3) is 22.3. The molecule has 0 radical (unpaired) electrons. The molecule has 2 aromatic rings. The third-order valence-electron chi connectivity index (χ3n) is 4.40. The number of carbonyl (C=O) groups is 2. The number of aryl methyl sites for hydroxylation is 1. The average molecular weight is 434 g/mol. The molecular formula is C28H51NO2. The molecule has 0 aliphatic heterocycles. The van der Waals surface area contributed by atoms with Gasteiger partial charge in [-0.15, -0.1) is 0 Å². The molecule has 0 saturated heterocycles. The number of carbonyl (C=O) groups excluding carboxylic acids is 2. The zero-order valence-corrected chi connectivity index (χ0v) is 21.0. The molecule has 0 fully saturated rings. The molecule has 0 saturated carbocycles. The van der Waals surface area contributed by atoms with Crippen LogP contribution in [0.3, 0.4) is 0 Å². The lowest BCUT2D eigenvalue weighted by atomic mass is 10.0. The van der Waals surface area contributed by atoms with E-state index in [-0.39, 0.29) is 19.1 Å². The zero-order chi connectivity index (χ0) is 23.9. The molecule has 0 spiro atoms. The molecule has 0 amide bonds. The minimum absolute atomic E-state index is 0. The predicted octanol–water partition coefficient (Wildman–Crippen LogP) is 8.96. The van der Waals surface area contributed by atoms with Crippen molar-refractivity contribution in [2.24, 2.45) is 11.8 Å². The Morgan fingerprint density at radius 3 is 1.84 bits per heavy atom. The summed E-state index contributed by atoms with van der Waals surface area (Å²) in [5.41, 5.74) is 2.53. The quantitative estimate of drug-likeness (QED) is 0.378. The minimum Gasteiger partial charge on any atom is -0.361 e. The lowest BCUT2D eigenvalue weighted by Gasteiger charge is -1.99. The molecule has 0 aliphatic rings. The van der Waals surface area contributed by atoms with Gasteiger partial charge in [-0.2, -0.15) is 0 Å². The standard InChI is InChI=1S/C9H9N.C7H12O.C6H14.C3H8.C2H4O.CH4/c1-7-2-3-9-8(6-7)4-5-10-9;1-4-6(3)7(8)5-2;1-4-6(3)5-2;1-3-2;1-2-3;/h2-6,10H,1H3;5-6H,2,4H2,1,3H3;6H,4-5H2,1-3H3;3H2,1-2H3;2H,1H3;1H4. The van der Waals surface area contributed by atoms with Crippen LogP contribution in [0.1, 0.15) is 94.1 Å². The first-order chi connectivity index (χ1) is 14.2. The smallest absolute Gasteiger partial charge is 0.157 e. The van der Waals surface area contributed by atoms with Crippen LogP contribution in [-0.4, -0.2) is 17.1 Å². The third-order valence-corrected chi connectivity index (χ3v) is 4.40. The lowest BCUT2D eigenvalue weighted by Crippen LogP contribution is -2.04. The van der Waals surface area contributed by atoms with Gasteiger partial charge in [0.1, 0.15) is 6.29 Å². The first-order valence-electron chi connectivity index (χ1n) is 11.3. The summed E-state index contributed by atoms with van der Waals surface area (Å²) in [4.78, 5) is 22.6. The van der Waals surface area contributed by atoms with E-state index in [4.69, 9.17) is 4.79 Å². The maximum Gasteiger partial charge on any atom is 0.157 e. The molecule has 1 aromatic heterocycles. The molecule has 1 aromatic carbocycles. The number of H-pyrrole nitrogens is 1. The van der Waals surface area contributed by atoms with Crippen LogP contribution in [-0.2, 0) is 9.59 Å². The molecule has 3 nitrogen and oxygen atoms in total. The van der Waals surface area contributed by atoms with Gasteiger partial charge in [-0.25, -0.2) is 0 Å². The Morgan fingerprint density at radius 2 is 1.52 bits per heavy atom. The van der Waals surface area contributed by atoms with Gasteiger partial charge in [-0.05, 0) is 55.8 Å². The first-order valence-corrected chi connectivity index (χ1v) is 11.3. The summed E-state index contributed by atoms with van der Waals surface area (Å²) in [5.74, 6) is 1.24. The number of hydrogen-bond acceptors (Lipinski definition) is 2. The second kappa shape index (κ2) is 25.9. The van der Waals surface area contributed by atoms with E-state index >= 15 is 0 Å². The number of allylic oxidation sites excluding steroid dienone is 1. The second-order valence-electron chi connectivity index (χ2n) is 7.35. The van der Waals surface area contributed by atoms with Crippen molar-refractivity contribution in [3.8, 4) is 0 Å². The number of benzene rings is 1. The van der Waals surface area contributed by atoms with Crippen molar-refractivity contribution in [1.82, 2.24) is 4.98 Å². The van der Waals surface area contributed by atoms with Crippen molar-refractivity contribution in [3.63, 3.8) is 0 Å². The predicted molar refractivity (Wildman–Crippen MR) is 142 cm³/mol. The number of aromatic amines is 1. The average Bonchev–Trinajstić information content (AvgIpc) is 3.21. The molecular weight excluding hydrogens is 382 g/mol. The van der Waals surface area contributed by atoms with Gasteiger partial charge in [0.15, 0.2) is 5.78 Å². The molecule has 1 atom stereocenters. The second-order valence-corrected chi connectivity index (χ2v) is 7.35.